The van der Waals surface area contributed by atoms with Gasteiger partial charge in [0, 0.05) is 6.07 Å². The van der Waals surface area contributed by atoms with Crippen molar-refractivity contribution in [2.75, 3.05) is 12.3 Å². The highest BCUT2D eigenvalue weighted by atomic mass is 19.3. The van der Waals surface area contributed by atoms with Crippen LogP contribution in [0, 0.1) is 5.82 Å². The minimum atomic E-state index is -3.08. The van der Waals surface area contributed by atoms with E-state index in [2.05, 4.69) is 9.72 Å². The quantitative estimate of drug-likeness (QED) is 0.811. The Morgan fingerprint density at radius 1 is 1.62 bits per heavy atom. The van der Waals surface area contributed by atoms with Crippen LogP contribution in [-0.4, -0.2) is 17.6 Å². The number of hydrogen-bond donors (Lipinski definition) is 1. The minimum Gasteiger partial charge on any atom is -0.461 e. The van der Waals surface area contributed by atoms with Gasteiger partial charge in [-0.1, -0.05) is 0 Å². The monoisotopic (exact) mass is 234 g/mol. The van der Waals surface area contributed by atoms with Gasteiger partial charge in [-0.25, -0.2) is 22.9 Å². The normalized spacial score (nSPS) is 10.6. The molecule has 0 aliphatic heterocycles. The highest BCUT2D eigenvalue weighted by Crippen LogP contribution is 2.27. The van der Waals surface area contributed by atoms with Crippen molar-refractivity contribution in [3.8, 4) is 0 Å². The largest absolute Gasteiger partial charge is 0.461 e. The van der Waals surface area contributed by atoms with Gasteiger partial charge in [-0.15, -0.1) is 0 Å². The number of pyridine rings is 1. The first-order valence-electron chi connectivity index (χ1n) is 4.38. The lowest BCUT2D eigenvalue weighted by Crippen LogP contribution is -2.11. The Bertz CT molecular complexity index is 387. The first-order valence-corrected chi connectivity index (χ1v) is 4.38. The molecular weight excluding hydrogens is 225 g/mol. The zero-order valence-electron chi connectivity index (χ0n) is 8.34. The van der Waals surface area contributed by atoms with Gasteiger partial charge in [0.2, 0.25) is 0 Å². The van der Waals surface area contributed by atoms with Gasteiger partial charge in [0.05, 0.1) is 12.2 Å². The first kappa shape index (κ1) is 12.3. The fourth-order valence-corrected chi connectivity index (χ4v) is 1.07. The molecule has 1 rings (SSSR count). The molecule has 7 heteroatoms. The Morgan fingerprint density at radius 2 is 2.25 bits per heavy atom. The Kier molecular flexibility index (Phi) is 3.70. The second-order valence-corrected chi connectivity index (χ2v) is 2.81. The molecule has 1 aromatic rings. The first-order chi connectivity index (χ1) is 7.47. The maximum atomic E-state index is 13.2. The van der Waals surface area contributed by atoms with Gasteiger partial charge in [-0.05, 0) is 6.92 Å². The number of nitrogen functional groups attached to an aromatic ring is 1. The number of halogens is 3. The summed E-state index contributed by atoms with van der Waals surface area (Å²) in [5.41, 5.74) is 3.68. The van der Waals surface area contributed by atoms with Crippen molar-refractivity contribution in [1.82, 2.24) is 4.98 Å². The molecule has 88 valence electrons. The number of ether oxygens (including phenoxy) is 1. The Labute approximate surface area is 89.2 Å². The summed E-state index contributed by atoms with van der Waals surface area (Å²) in [6.45, 7) is 1.61. The molecule has 4 nitrogen and oxygen atoms in total. The summed E-state index contributed by atoms with van der Waals surface area (Å²) >= 11 is 0. The number of hydrogen-bond acceptors (Lipinski definition) is 4. The van der Waals surface area contributed by atoms with Crippen LogP contribution in [0.4, 0.5) is 19.0 Å². The number of nitrogens with two attached hydrogens (primary N) is 1. The van der Waals surface area contributed by atoms with E-state index in [1.165, 1.54) is 0 Å². The molecule has 0 aromatic carbocycles. The van der Waals surface area contributed by atoms with Crippen LogP contribution in [0.3, 0.4) is 0 Å². The number of carbonyl (C=O) groups is 1. The average Bonchev–Trinajstić information content (AvgIpc) is 2.16. The summed E-state index contributed by atoms with van der Waals surface area (Å²) < 4.78 is 42.3. The number of nitrogens with zero attached hydrogens (tertiary/aromatic N) is 1. The van der Waals surface area contributed by atoms with Gasteiger partial charge in [-0.3, -0.25) is 0 Å². The molecule has 0 aliphatic rings. The fraction of sp³-hybridized carbons (Fsp3) is 0.333. The van der Waals surface area contributed by atoms with E-state index >= 15 is 0 Å². The van der Waals surface area contributed by atoms with Crippen molar-refractivity contribution in [1.29, 1.82) is 0 Å². The molecule has 0 atom stereocenters. The molecule has 1 heterocycles. The van der Waals surface area contributed by atoms with Crippen molar-refractivity contribution >= 4 is 11.8 Å². The van der Waals surface area contributed by atoms with E-state index in [-0.39, 0.29) is 6.61 Å². The van der Waals surface area contributed by atoms with Crippen LogP contribution in [0.1, 0.15) is 29.4 Å². The van der Waals surface area contributed by atoms with Crippen LogP contribution < -0.4 is 5.73 Å². The van der Waals surface area contributed by atoms with E-state index in [4.69, 9.17) is 5.73 Å². The van der Waals surface area contributed by atoms with Crippen molar-refractivity contribution in [2.45, 2.75) is 13.3 Å². The number of rotatable bonds is 3. The Balaban J connectivity index is 3.14. The average molecular weight is 234 g/mol. The Hall–Kier alpha value is -1.79. The van der Waals surface area contributed by atoms with E-state index in [1.807, 2.05) is 0 Å². The molecule has 0 fully saturated rings. The fourth-order valence-electron chi connectivity index (χ4n) is 1.07. The summed E-state index contributed by atoms with van der Waals surface area (Å²) in [4.78, 5) is 14.5. The standard InChI is InChI=1S/C9H9F3N2O2/c1-2-16-9(15)5-3-4(10)6(7(11)12)8(13)14-5/h3,7H,2H2,1H3,(H2,13,14). The molecule has 2 N–H and O–H groups in total. The second-order valence-electron chi connectivity index (χ2n) is 2.81. The predicted molar refractivity (Wildman–Crippen MR) is 49.5 cm³/mol. The summed E-state index contributed by atoms with van der Waals surface area (Å²) in [5, 5.41) is 0. The van der Waals surface area contributed by atoms with Gasteiger partial charge < -0.3 is 10.5 Å². The van der Waals surface area contributed by atoms with E-state index in [9.17, 15) is 18.0 Å². The summed E-state index contributed by atoms with van der Waals surface area (Å²) in [5.74, 6) is -2.89. The van der Waals surface area contributed by atoms with Crippen LogP contribution in [-0.2, 0) is 4.74 Å². The number of carbonyl (C=O) groups excluding carboxylic acids is 1. The Morgan fingerprint density at radius 3 is 2.69 bits per heavy atom. The van der Waals surface area contributed by atoms with Crippen LogP contribution in [0.2, 0.25) is 0 Å². The van der Waals surface area contributed by atoms with Gasteiger partial charge in [0.25, 0.3) is 6.43 Å². The lowest BCUT2D eigenvalue weighted by atomic mass is 10.2. The summed E-state index contributed by atoms with van der Waals surface area (Å²) in [7, 11) is 0. The molecule has 0 amide bonds. The van der Waals surface area contributed by atoms with Crippen molar-refractivity contribution in [3.05, 3.63) is 23.1 Å². The van der Waals surface area contributed by atoms with Crippen molar-refractivity contribution in [2.24, 2.45) is 0 Å². The smallest absolute Gasteiger partial charge is 0.357 e. The van der Waals surface area contributed by atoms with Gasteiger partial charge in [0.15, 0.2) is 5.69 Å². The zero-order valence-corrected chi connectivity index (χ0v) is 8.34. The number of esters is 1. The molecule has 0 saturated carbocycles. The third-order valence-electron chi connectivity index (χ3n) is 1.74. The van der Waals surface area contributed by atoms with E-state index < -0.39 is 35.3 Å². The van der Waals surface area contributed by atoms with Crippen LogP contribution in [0.15, 0.2) is 6.07 Å². The molecule has 0 bridgehead atoms. The third kappa shape index (κ3) is 2.41. The molecular formula is C9H9F3N2O2. The molecule has 0 aliphatic carbocycles. The van der Waals surface area contributed by atoms with Gasteiger partial charge >= 0.3 is 5.97 Å². The topological polar surface area (TPSA) is 65.2 Å². The molecule has 1 aromatic heterocycles. The van der Waals surface area contributed by atoms with E-state index in [1.54, 1.807) is 6.92 Å². The maximum absolute atomic E-state index is 13.2. The highest BCUT2D eigenvalue weighted by molar-refractivity contribution is 5.87. The third-order valence-corrected chi connectivity index (χ3v) is 1.74. The molecule has 16 heavy (non-hydrogen) atoms. The lowest BCUT2D eigenvalue weighted by molar-refractivity contribution is 0.0518. The van der Waals surface area contributed by atoms with E-state index in [0.29, 0.717) is 6.07 Å². The van der Waals surface area contributed by atoms with Crippen molar-refractivity contribution < 1.29 is 22.7 Å². The minimum absolute atomic E-state index is 0.0681. The lowest BCUT2D eigenvalue weighted by Gasteiger charge is -2.07. The molecule has 0 unspecified atom stereocenters. The van der Waals surface area contributed by atoms with Crippen LogP contribution in [0.5, 0.6) is 0 Å². The number of aromatic nitrogens is 1. The molecule has 0 radical (unpaired) electrons. The number of anilines is 1. The van der Waals surface area contributed by atoms with Gasteiger partial charge in [0.1, 0.15) is 11.6 Å². The summed E-state index contributed by atoms with van der Waals surface area (Å²) in [6.07, 6.45) is -3.08. The van der Waals surface area contributed by atoms with Crippen LogP contribution in [0.25, 0.3) is 0 Å². The highest BCUT2D eigenvalue weighted by Gasteiger charge is 2.21. The predicted octanol–water partition coefficient (Wildman–Crippen LogP) is 1.92. The van der Waals surface area contributed by atoms with E-state index in [0.717, 1.165) is 0 Å². The second kappa shape index (κ2) is 4.82. The molecule has 0 saturated heterocycles. The van der Waals surface area contributed by atoms with Crippen molar-refractivity contribution in [3.63, 3.8) is 0 Å². The number of alkyl halides is 2. The van der Waals surface area contributed by atoms with Gasteiger partial charge in [-0.2, -0.15) is 0 Å². The zero-order chi connectivity index (χ0) is 12.3. The van der Waals surface area contributed by atoms with Crippen LogP contribution >= 0.6 is 0 Å². The maximum Gasteiger partial charge on any atom is 0.357 e. The SMILES string of the molecule is CCOC(=O)c1cc(F)c(C(F)F)c(N)n1. The molecule has 0 spiro atoms. The summed E-state index contributed by atoms with van der Waals surface area (Å²) in [6, 6.07) is 0.579.